The van der Waals surface area contributed by atoms with Gasteiger partial charge in [0, 0.05) is 26.2 Å². The zero-order valence-electron chi connectivity index (χ0n) is 12.8. The summed E-state index contributed by atoms with van der Waals surface area (Å²) in [7, 11) is 6.35. The molecular formula is C14H23N5S. The standard InChI is InChI=1S/C14H23N5S/c1-10-12-13(18(4)16-10)15-14(20-12)19-8-5-6-11(7-9-19)17(2)3/h11H,5-9H2,1-4H3. The van der Waals surface area contributed by atoms with Gasteiger partial charge in [-0.3, -0.25) is 0 Å². The number of aryl methyl sites for hydroxylation is 2. The Kier molecular flexibility index (Phi) is 3.69. The summed E-state index contributed by atoms with van der Waals surface area (Å²) in [5.74, 6) is 0. The molecule has 1 atom stereocenters. The summed E-state index contributed by atoms with van der Waals surface area (Å²) >= 11 is 1.79. The minimum Gasteiger partial charge on any atom is -0.348 e. The first kappa shape index (κ1) is 13.8. The predicted molar refractivity (Wildman–Crippen MR) is 84.7 cm³/mol. The fourth-order valence-corrected chi connectivity index (χ4v) is 4.08. The maximum Gasteiger partial charge on any atom is 0.188 e. The van der Waals surface area contributed by atoms with Crippen LogP contribution in [0.5, 0.6) is 0 Å². The van der Waals surface area contributed by atoms with Crippen LogP contribution >= 0.6 is 11.3 Å². The van der Waals surface area contributed by atoms with E-state index in [0.717, 1.165) is 29.6 Å². The van der Waals surface area contributed by atoms with Crippen molar-refractivity contribution >= 4 is 26.8 Å². The smallest absolute Gasteiger partial charge is 0.188 e. The van der Waals surface area contributed by atoms with E-state index < -0.39 is 0 Å². The molecule has 6 heteroatoms. The lowest BCUT2D eigenvalue weighted by Crippen LogP contribution is -2.30. The average Bonchev–Trinajstić information content (AvgIpc) is 2.82. The Bertz CT molecular complexity index is 565. The van der Waals surface area contributed by atoms with Crippen LogP contribution in [0.4, 0.5) is 5.13 Å². The van der Waals surface area contributed by atoms with Crippen molar-refractivity contribution < 1.29 is 0 Å². The molecule has 1 aliphatic rings. The molecule has 3 heterocycles. The van der Waals surface area contributed by atoms with Crippen LogP contribution in [0.2, 0.25) is 0 Å². The number of anilines is 1. The van der Waals surface area contributed by atoms with Crippen molar-refractivity contribution in [1.82, 2.24) is 19.7 Å². The molecule has 0 bridgehead atoms. The molecule has 0 radical (unpaired) electrons. The van der Waals surface area contributed by atoms with Gasteiger partial charge in [-0.2, -0.15) is 5.10 Å². The van der Waals surface area contributed by atoms with E-state index in [1.165, 1.54) is 24.0 Å². The number of rotatable bonds is 2. The zero-order valence-corrected chi connectivity index (χ0v) is 13.6. The highest BCUT2D eigenvalue weighted by Crippen LogP contribution is 2.32. The lowest BCUT2D eigenvalue weighted by atomic mass is 10.1. The monoisotopic (exact) mass is 293 g/mol. The van der Waals surface area contributed by atoms with E-state index in [1.807, 2.05) is 11.7 Å². The molecule has 0 saturated carbocycles. The summed E-state index contributed by atoms with van der Waals surface area (Å²) in [5, 5.41) is 5.59. The maximum absolute atomic E-state index is 4.80. The molecule has 0 N–H and O–H groups in total. The quantitative estimate of drug-likeness (QED) is 0.851. The van der Waals surface area contributed by atoms with Crippen LogP contribution in [-0.4, -0.2) is 52.9 Å². The molecule has 5 nitrogen and oxygen atoms in total. The van der Waals surface area contributed by atoms with Gasteiger partial charge in [0.05, 0.1) is 10.4 Å². The summed E-state index contributed by atoms with van der Waals surface area (Å²) < 4.78 is 3.13. The highest BCUT2D eigenvalue weighted by atomic mass is 32.1. The van der Waals surface area contributed by atoms with Crippen molar-refractivity contribution in [3.8, 4) is 0 Å². The number of thiazole rings is 1. The Hall–Kier alpha value is -1.14. The third-order valence-corrected chi connectivity index (χ3v) is 5.45. The van der Waals surface area contributed by atoms with E-state index >= 15 is 0 Å². The molecule has 110 valence electrons. The topological polar surface area (TPSA) is 37.2 Å². The van der Waals surface area contributed by atoms with E-state index in [4.69, 9.17) is 4.98 Å². The highest BCUT2D eigenvalue weighted by molar-refractivity contribution is 7.22. The summed E-state index contributed by atoms with van der Waals surface area (Å²) in [6.07, 6.45) is 3.76. The number of fused-ring (bicyclic) bond motifs is 1. The van der Waals surface area contributed by atoms with Crippen LogP contribution in [0, 0.1) is 6.92 Å². The van der Waals surface area contributed by atoms with Gasteiger partial charge in [-0.15, -0.1) is 0 Å². The second kappa shape index (κ2) is 5.33. The lowest BCUT2D eigenvalue weighted by molar-refractivity contribution is 0.272. The Balaban J connectivity index is 1.82. The van der Waals surface area contributed by atoms with Gasteiger partial charge >= 0.3 is 0 Å². The van der Waals surface area contributed by atoms with Gasteiger partial charge in [-0.05, 0) is 40.3 Å². The summed E-state index contributed by atoms with van der Waals surface area (Å²) in [6, 6.07) is 0.706. The Morgan fingerprint density at radius 3 is 2.75 bits per heavy atom. The minimum atomic E-state index is 0.706. The van der Waals surface area contributed by atoms with E-state index in [2.05, 4.69) is 35.9 Å². The second-order valence-corrected chi connectivity index (χ2v) is 6.87. The SMILES string of the molecule is Cc1nn(C)c2nc(N3CCCC(N(C)C)CC3)sc12. The number of hydrogen-bond donors (Lipinski definition) is 0. The molecule has 0 aromatic carbocycles. The van der Waals surface area contributed by atoms with Gasteiger partial charge in [0.1, 0.15) is 0 Å². The normalized spacial score (nSPS) is 20.9. The maximum atomic E-state index is 4.80. The average molecular weight is 293 g/mol. The Morgan fingerprint density at radius 1 is 1.25 bits per heavy atom. The molecule has 1 fully saturated rings. The molecule has 0 spiro atoms. The summed E-state index contributed by atoms with van der Waals surface area (Å²) in [6.45, 7) is 4.29. The van der Waals surface area contributed by atoms with E-state index in [-0.39, 0.29) is 0 Å². The first-order valence-electron chi connectivity index (χ1n) is 7.28. The van der Waals surface area contributed by atoms with Gasteiger partial charge in [0.2, 0.25) is 0 Å². The van der Waals surface area contributed by atoms with Crippen LogP contribution in [0.15, 0.2) is 0 Å². The van der Waals surface area contributed by atoms with E-state index in [1.54, 1.807) is 11.3 Å². The molecule has 2 aromatic rings. The van der Waals surface area contributed by atoms with Crippen molar-refractivity contribution in [2.45, 2.75) is 32.2 Å². The predicted octanol–water partition coefficient (Wildman–Crippen LogP) is 2.26. The van der Waals surface area contributed by atoms with Crippen molar-refractivity contribution in [2.75, 3.05) is 32.1 Å². The van der Waals surface area contributed by atoms with Crippen LogP contribution in [-0.2, 0) is 7.05 Å². The van der Waals surface area contributed by atoms with Crippen LogP contribution in [0.25, 0.3) is 10.3 Å². The van der Waals surface area contributed by atoms with Crippen LogP contribution < -0.4 is 4.90 Å². The molecule has 1 saturated heterocycles. The molecule has 2 aromatic heterocycles. The highest BCUT2D eigenvalue weighted by Gasteiger charge is 2.22. The second-order valence-electron chi connectivity index (χ2n) is 5.89. The van der Waals surface area contributed by atoms with E-state index in [0.29, 0.717) is 6.04 Å². The number of hydrogen-bond acceptors (Lipinski definition) is 5. The summed E-state index contributed by atoms with van der Waals surface area (Å²) in [5.41, 5.74) is 2.11. The Labute approximate surface area is 124 Å². The molecule has 0 amide bonds. The van der Waals surface area contributed by atoms with Gasteiger partial charge in [0.15, 0.2) is 10.8 Å². The first-order valence-corrected chi connectivity index (χ1v) is 8.09. The lowest BCUT2D eigenvalue weighted by Gasteiger charge is -2.23. The number of aromatic nitrogens is 3. The zero-order chi connectivity index (χ0) is 14.3. The number of nitrogens with zero attached hydrogens (tertiary/aromatic N) is 5. The summed E-state index contributed by atoms with van der Waals surface area (Å²) in [4.78, 5) is 9.61. The molecular weight excluding hydrogens is 270 g/mol. The van der Waals surface area contributed by atoms with Gasteiger partial charge in [-0.25, -0.2) is 9.67 Å². The van der Waals surface area contributed by atoms with Crippen molar-refractivity contribution in [3.63, 3.8) is 0 Å². The van der Waals surface area contributed by atoms with Crippen molar-refractivity contribution in [2.24, 2.45) is 7.05 Å². The fraction of sp³-hybridized carbons (Fsp3) is 0.714. The minimum absolute atomic E-state index is 0.706. The molecule has 1 aliphatic heterocycles. The third kappa shape index (κ3) is 2.42. The van der Waals surface area contributed by atoms with Gasteiger partial charge < -0.3 is 9.80 Å². The molecule has 0 aliphatic carbocycles. The van der Waals surface area contributed by atoms with Crippen molar-refractivity contribution in [3.05, 3.63) is 5.69 Å². The van der Waals surface area contributed by atoms with E-state index in [9.17, 15) is 0 Å². The van der Waals surface area contributed by atoms with Gasteiger partial charge in [0.25, 0.3) is 0 Å². The molecule has 1 unspecified atom stereocenters. The Morgan fingerprint density at radius 2 is 2.05 bits per heavy atom. The molecule has 20 heavy (non-hydrogen) atoms. The van der Waals surface area contributed by atoms with Gasteiger partial charge in [-0.1, -0.05) is 11.3 Å². The van der Waals surface area contributed by atoms with Crippen LogP contribution in [0.3, 0.4) is 0 Å². The molecule has 3 rings (SSSR count). The van der Waals surface area contributed by atoms with Crippen molar-refractivity contribution in [1.29, 1.82) is 0 Å². The third-order valence-electron chi connectivity index (χ3n) is 4.23. The first-order chi connectivity index (χ1) is 9.56. The fourth-order valence-electron chi connectivity index (χ4n) is 3.00. The largest absolute Gasteiger partial charge is 0.348 e. The van der Waals surface area contributed by atoms with Crippen LogP contribution in [0.1, 0.15) is 25.0 Å².